The molecule has 7 nitrogen and oxygen atoms in total. The lowest BCUT2D eigenvalue weighted by atomic mass is 10.1. The number of nitrogens with one attached hydrogen (secondary N) is 1. The Morgan fingerprint density at radius 3 is 1.78 bits per heavy atom. The molecule has 0 bridgehead atoms. The van der Waals surface area contributed by atoms with Gasteiger partial charge in [0.1, 0.15) is 0 Å². The Balaban J connectivity index is 1.57. The Hall–Kier alpha value is -3.58. The van der Waals surface area contributed by atoms with Crippen molar-refractivity contribution < 1.29 is 9.59 Å². The maximum absolute atomic E-state index is 13.4. The molecule has 0 saturated heterocycles. The lowest BCUT2D eigenvalue weighted by Gasteiger charge is -2.30. The number of carbonyl (C=O) groups excluding carboxylic acids is 2. The van der Waals surface area contributed by atoms with Gasteiger partial charge in [-0.2, -0.15) is 0 Å². The van der Waals surface area contributed by atoms with Gasteiger partial charge in [0.05, 0.1) is 24.5 Å². The molecular formula is C30H39N5O2. The van der Waals surface area contributed by atoms with Crippen molar-refractivity contribution in [3.05, 3.63) is 95.6 Å². The van der Waals surface area contributed by atoms with Crippen molar-refractivity contribution in [2.24, 2.45) is 0 Å². The van der Waals surface area contributed by atoms with Crippen LogP contribution in [0.5, 0.6) is 0 Å². The van der Waals surface area contributed by atoms with Crippen LogP contribution in [0.4, 0.5) is 0 Å². The normalized spacial score (nSPS) is 11.2. The fourth-order valence-electron chi connectivity index (χ4n) is 4.36. The summed E-state index contributed by atoms with van der Waals surface area (Å²) in [4.78, 5) is 38.9. The first kappa shape index (κ1) is 28.0. The molecule has 1 aromatic carbocycles. The molecule has 0 atom stereocenters. The van der Waals surface area contributed by atoms with Crippen molar-refractivity contribution >= 4 is 11.8 Å². The fourth-order valence-corrected chi connectivity index (χ4v) is 4.36. The molecule has 0 unspecified atom stereocenters. The van der Waals surface area contributed by atoms with Gasteiger partial charge in [0.25, 0.3) is 11.8 Å². The molecule has 3 rings (SSSR count). The monoisotopic (exact) mass is 501 g/mol. The van der Waals surface area contributed by atoms with Crippen LogP contribution in [0.25, 0.3) is 0 Å². The molecule has 0 aliphatic heterocycles. The van der Waals surface area contributed by atoms with Gasteiger partial charge in [-0.25, -0.2) is 0 Å². The molecule has 0 saturated carbocycles. The second-order valence-corrected chi connectivity index (χ2v) is 9.77. The molecule has 3 aromatic rings. The molecule has 37 heavy (non-hydrogen) atoms. The molecule has 2 amide bonds. The van der Waals surface area contributed by atoms with Gasteiger partial charge < -0.3 is 10.2 Å². The number of amides is 2. The maximum Gasteiger partial charge on any atom is 0.254 e. The SMILES string of the molecule is CC(C)N(CCCCNC(=O)c1ccc(C(=O)N(Cc2ccccn2)Cc2ccccn2)cc1)C(C)C. The number of unbranched alkanes of at least 4 members (excludes halogenated alkanes) is 1. The zero-order valence-corrected chi connectivity index (χ0v) is 22.4. The molecule has 1 N–H and O–H groups in total. The molecular weight excluding hydrogens is 462 g/mol. The predicted octanol–water partition coefficient (Wildman–Crippen LogP) is 4.95. The largest absolute Gasteiger partial charge is 0.352 e. The van der Waals surface area contributed by atoms with Crippen LogP contribution in [0.1, 0.15) is 72.6 Å². The van der Waals surface area contributed by atoms with Crippen LogP contribution in [0, 0.1) is 0 Å². The summed E-state index contributed by atoms with van der Waals surface area (Å²) in [6.07, 6.45) is 5.40. The first-order valence-electron chi connectivity index (χ1n) is 13.1. The summed E-state index contributed by atoms with van der Waals surface area (Å²) < 4.78 is 0. The van der Waals surface area contributed by atoms with E-state index >= 15 is 0 Å². The lowest BCUT2D eigenvalue weighted by molar-refractivity contribution is 0.0725. The minimum Gasteiger partial charge on any atom is -0.352 e. The zero-order chi connectivity index (χ0) is 26.6. The second kappa shape index (κ2) is 14.2. The number of aromatic nitrogens is 2. The van der Waals surface area contributed by atoms with Gasteiger partial charge in [0.15, 0.2) is 0 Å². The van der Waals surface area contributed by atoms with E-state index in [1.165, 1.54) is 0 Å². The summed E-state index contributed by atoms with van der Waals surface area (Å²) in [5, 5.41) is 3.00. The number of hydrogen-bond acceptors (Lipinski definition) is 5. The van der Waals surface area contributed by atoms with Crippen LogP contribution >= 0.6 is 0 Å². The summed E-state index contributed by atoms with van der Waals surface area (Å²) in [6, 6.07) is 19.2. The predicted molar refractivity (Wildman–Crippen MR) is 147 cm³/mol. The second-order valence-electron chi connectivity index (χ2n) is 9.77. The molecule has 0 aliphatic rings. The van der Waals surface area contributed by atoms with E-state index in [-0.39, 0.29) is 11.8 Å². The number of nitrogens with zero attached hydrogens (tertiary/aromatic N) is 4. The van der Waals surface area contributed by atoms with Crippen molar-refractivity contribution in [1.29, 1.82) is 0 Å². The van der Waals surface area contributed by atoms with Gasteiger partial charge in [0.2, 0.25) is 0 Å². The van der Waals surface area contributed by atoms with Crippen LogP contribution in [-0.4, -0.2) is 56.8 Å². The van der Waals surface area contributed by atoms with Gasteiger partial charge >= 0.3 is 0 Å². The molecule has 0 fully saturated rings. The number of hydrogen-bond donors (Lipinski definition) is 1. The summed E-state index contributed by atoms with van der Waals surface area (Å²) in [5.74, 6) is -0.259. The lowest BCUT2D eigenvalue weighted by Crippen LogP contribution is -2.38. The van der Waals surface area contributed by atoms with E-state index in [2.05, 4.69) is 47.9 Å². The first-order valence-corrected chi connectivity index (χ1v) is 13.1. The average Bonchev–Trinajstić information content (AvgIpc) is 2.90. The highest BCUT2D eigenvalue weighted by molar-refractivity contribution is 5.97. The van der Waals surface area contributed by atoms with Crippen LogP contribution in [-0.2, 0) is 13.1 Å². The third-order valence-electron chi connectivity index (χ3n) is 6.29. The molecule has 2 aromatic heterocycles. The Morgan fingerprint density at radius 1 is 0.757 bits per heavy atom. The zero-order valence-electron chi connectivity index (χ0n) is 22.4. The van der Waals surface area contributed by atoms with Crippen LogP contribution < -0.4 is 5.32 Å². The number of carbonyl (C=O) groups is 2. The maximum atomic E-state index is 13.4. The molecule has 2 heterocycles. The highest BCUT2D eigenvalue weighted by atomic mass is 16.2. The number of pyridine rings is 2. The quantitative estimate of drug-likeness (QED) is 0.335. The third kappa shape index (κ3) is 8.79. The van der Waals surface area contributed by atoms with E-state index in [0.717, 1.165) is 30.8 Å². The van der Waals surface area contributed by atoms with Crippen molar-refractivity contribution in [2.75, 3.05) is 13.1 Å². The van der Waals surface area contributed by atoms with Gasteiger partial charge in [0, 0.05) is 42.1 Å². The summed E-state index contributed by atoms with van der Waals surface area (Å²) >= 11 is 0. The van der Waals surface area contributed by atoms with Crippen LogP contribution in [0.3, 0.4) is 0 Å². The van der Waals surface area contributed by atoms with Crippen molar-refractivity contribution in [3.63, 3.8) is 0 Å². The molecule has 0 spiro atoms. The fraction of sp³-hybridized carbons (Fsp3) is 0.400. The summed E-state index contributed by atoms with van der Waals surface area (Å²) in [5.41, 5.74) is 2.66. The van der Waals surface area contributed by atoms with E-state index in [9.17, 15) is 9.59 Å². The third-order valence-corrected chi connectivity index (χ3v) is 6.29. The van der Waals surface area contributed by atoms with E-state index in [1.54, 1.807) is 41.6 Å². The molecule has 7 heteroatoms. The van der Waals surface area contributed by atoms with E-state index in [0.29, 0.717) is 42.8 Å². The molecule has 0 aliphatic carbocycles. The van der Waals surface area contributed by atoms with Crippen LogP contribution in [0.2, 0.25) is 0 Å². The van der Waals surface area contributed by atoms with Gasteiger partial charge in [-0.1, -0.05) is 12.1 Å². The van der Waals surface area contributed by atoms with E-state index in [4.69, 9.17) is 0 Å². The Kier molecular flexibility index (Phi) is 10.8. The van der Waals surface area contributed by atoms with E-state index in [1.807, 2.05) is 36.4 Å². The summed E-state index contributed by atoms with van der Waals surface area (Å²) in [6.45, 7) is 11.2. The van der Waals surface area contributed by atoms with Crippen molar-refractivity contribution in [1.82, 2.24) is 25.1 Å². The average molecular weight is 502 g/mol. The van der Waals surface area contributed by atoms with Crippen molar-refractivity contribution in [3.8, 4) is 0 Å². The number of benzene rings is 1. The number of rotatable bonds is 13. The van der Waals surface area contributed by atoms with Crippen molar-refractivity contribution in [2.45, 2.75) is 65.7 Å². The highest BCUT2D eigenvalue weighted by Gasteiger charge is 2.18. The van der Waals surface area contributed by atoms with Gasteiger partial charge in [-0.05, 0) is 95.6 Å². The van der Waals surface area contributed by atoms with Gasteiger partial charge in [-0.3, -0.25) is 24.5 Å². The standard InChI is InChI=1S/C30H39N5O2/c1-23(2)35(24(3)4)20-10-9-19-33-29(36)25-13-15-26(16-14-25)30(37)34(21-27-11-5-7-17-31-27)22-28-12-6-8-18-32-28/h5-8,11-18,23-24H,9-10,19-22H2,1-4H3,(H,33,36). The first-order chi connectivity index (χ1) is 17.8. The van der Waals surface area contributed by atoms with Gasteiger partial charge in [-0.15, -0.1) is 0 Å². The molecule has 196 valence electrons. The topological polar surface area (TPSA) is 78.4 Å². The Bertz CT molecular complexity index is 1050. The smallest absolute Gasteiger partial charge is 0.254 e. The van der Waals surface area contributed by atoms with Crippen LogP contribution in [0.15, 0.2) is 73.1 Å². The Labute approximate surface area is 220 Å². The Morgan fingerprint density at radius 2 is 1.30 bits per heavy atom. The minimum atomic E-state index is -0.136. The molecule has 0 radical (unpaired) electrons. The minimum absolute atomic E-state index is 0.123. The summed E-state index contributed by atoms with van der Waals surface area (Å²) in [7, 11) is 0. The highest BCUT2D eigenvalue weighted by Crippen LogP contribution is 2.14. The van der Waals surface area contributed by atoms with E-state index < -0.39 is 0 Å².